The van der Waals surface area contributed by atoms with Gasteiger partial charge in [0.1, 0.15) is 18.1 Å². The fourth-order valence-corrected chi connectivity index (χ4v) is 1.77. The van der Waals surface area contributed by atoms with Crippen LogP contribution in [0.5, 0.6) is 11.5 Å². The molecule has 0 spiro atoms. The number of aryl methyl sites for hydroxylation is 1. The molecule has 5 nitrogen and oxygen atoms in total. The number of amidine groups is 1. The number of hydrogen-bond acceptors (Lipinski definition) is 4. The van der Waals surface area contributed by atoms with E-state index in [0.29, 0.717) is 23.8 Å². The Kier molecular flexibility index (Phi) is 4.20. The highest BCUT2D eigenvalue weighted by Gasteiger charge is 2.06. The van der Waals surface area contributed by atoms with Crippen molar-refractivity contribution in [2.45, 2.75) is 13.5 Å². The molecule has 0 bridgehead atoms. The summed E-state index contributed by atoms with van der Waals surface area (Å²) < 4.78 is 11.0. The number of nitrogens with two attached hydrogens (primary N) is 1. The van der Waals surface area contributed by atoms with E-state index in [9.17, 15) is 0 Å². The third kappa shape index (κ3) is 3.26. The van der Waals surface area contributed by atoms with Crippen molar-refractivity contribution in [1.82, 2.24) is 4.98 Å². The minimum atomic E-state index is -0.0558. The van der Waals surface area contributed by atoms with E-state index in [-0.39, 0.29) is 5.84 Å². The van der Waals surface area contributed by atoms with Gasteiger partial charge in [0.05, 0.1) is 7.11 Å². The molecule has 0 fully saturated rings. The lowest BCUT2D eigenvalue weighted by molar-refractivity contribution is 0.284. The van der Waals surface area contributed by atoms with E-state index in [1.165, 1.54) is 0 Å². The highest BCUT2D eigenvalue weighted by Crippen LogP contribution is 2.28. The summed E-state index contributed by atoms with van der Waals surface area (Å²) in [7, 11) is 1.61. The van der Waals surface area contributed by atoms with Crippen LogP contribution in [0.2, 0.25) is 0 Å². The van der Waals surface area contributed by atoms with Gasteiger partial charge in [-0.3, -0.25) is 10.4 Å². The summed E-state index contributed by atoms with van der Waals surface area (Å²) >= 11 is 0. The minimum Gasteiger partial charge on any atom is -0.493 e. The molecule has 1 heterocycles. The molecule has 2 rings (SSSR count). The van der Waals surface area contributed by atoms with Crippen LogP contribution < -0.4 is 15.2 Å². The Labute approximate surface area is 117 Å². The van der Waals surface area contributed by atoms with Crippen LogP contribution in [0.3, 0.4) is 0 Å². The van der Waals surface area contributed by atoms with Gasteiger partial charge in [0, 0.05) is 6.20 Å². The van der Waals surface area contributed by atoms with Crippen molar-refractivity contribution in [1.29, 1.82) is 5.41 Å². The topological polar surface area (TPSA) is 81.2 Å². The fraction of sp³-hybridized carbons (Fsp3) is 0.200. The maximum atomic E-state index is 7.37. The zero-order valence-corrected chi connectivity index (χ0v) is 11.5. The molecule has 0 amide bonds. The van der Waals surface area contributed by atoms with Gasteiger partial charge in [0.15, 0.2) is 11.5 Å². The van der Waals surface area contributed by atoms with Crippen LogP contribution in [0.15, 0.2) is 36.5 Å². The smallest absolute Gasteiger partial charge is 0.161 e. The Morgan fingerprint density at radius 3 is 2.75 bits per heavy atom. The number of pyridine rings is 1. The molecule has 1 aromatic heterocycles. The number of ether oxygens (including phenoxy) is 2. The third-order valence-electron chi connectivity index (χ3n) is 2.81. The molecule has 0 aliphatic carbocycles. The van der Waals surface area contributed by atoms with Gasteiger partial charge in [-0.15, -0.1) is 0 Å². The first-order chi connectivity index (χ1) is 9.60. The number of rotatable bonds is 5. The summed E-state index contributed by atoms with van der Waals surface area (Å²) in [4.78, 5) is 4.01. The lowest BCUT2D eigenvalue weighted by Crippen LogP contribution is -2.13. The van der Waals surface area contributed by atoms with Crippen molar-refractivity contribution in [2.75, 3.05) is 7.11 Å². The van der Waals surface area contributed by atoms with Crippen LogP contribution in [-0.4, -0.2) is 17.9 Å². The van der Waals surface area contributed by atoms with Crippen molar-refractivity contribution in [3.8, 4) is 11.5 Å². The van der Waals surface area contributed by atoms with Crippen molar-refractivity contribution >= 4 is 5.84 Å². The van der Waals surface area contributed by atoms with Crippen molar-refractivity contribution in [2.24, 2.45) is 5.73 Å². The normalized spacial score (nSPS) is 10.1. The Morgan fingerprint density at radius 1 is 1.25 bits per heavy atom. The number of aromatic nitrogens is 1. The van der Waals surface area contributed by atoms with Crippen LogP contribution in [0.25, 0.3) is 0 Å². The van der Waals surface area contributed by atoms with Gasteiger partial charge >= 0.3 is 0 Å². The Morgan fingerprint density at radius 2 is 2.05 bits per heavy atom. The number of nitrogens with one attached hydrogen (secondary N) is 1. The molecule has 0 saturated carbocycles. The average molecular weight is 271 g/mol. The highest BCUT2D eigenvalue weighted by atomic mass is 16.5. The number of hydrogen-bond donors (Lipinski definition) is 2. The summed E-state index contributed by atoms with van der Waals surface area (Å²) in [5.41, 5.74) is 7.86. The average Bonchev–Trinajstić information content (AvgIpc) is 2.46. The van der Waals surface area contributed by atoms with Gasteiger partial charge in [-0.2, -0.15) is 0 Å². The second kappa shape index (κ2) is 6.06. The molecule has 0 saturated heterocycles. The van der Waals surface area contributed by atoms with Gasteiger partial charge in [0.2, 0.25) is 0 Å². The van der Waals surface area contributed by atoms with Crippen LogP contribution in [0, 0.1) is 12.3 Å². The number of nitrogens with zero attached hydrogens (tertiary/aromatic N) is 1. The Balaban J connectivity index is 2.12. The van der Waals surface area contributed by atoms with Gasteiger partial charge < -0.3 is 15.2 Å². The van der Waals surface area contributed by atoms with Crippen LogP contribution in [-0.2, 0) is 6.61 Å². The number of nitrogen functional groups attached to an aromatic ring is 1. The lowest BCUT2D eigenvalue weighted by atomic mass is 10.2. The molecule has 0 aliphatic rings. The molecule has 5 heteroatoms. The van der Waals surface area contributed by atoms with E-state index in [1.807, 2.05) is 31.2 Å². The van der Waals surface area contributed by atoms with Crippen molar-refractivity contribution in [3.63, 3.8) is 0 Å². The summed E-state index contributed by atoms with van der Waals surface area (Å²) in [5, 5.41) is 7.37. The maximum absolute atomic E-state index is 7.37. The predicted molar refractivity (Wildman–Crippen MR) is 77.3 cm³/mol. The van der Waals surface area contributed by atoms with Gasteiger partial charge in [-0.05, 0) is 42.3 Å². The first-order valence-electron chi connectivity index (χ1n) is 6.17. The highest BCUT2D eigenvalue weighted by molar-refractivity contribution is 5.93. The number of methoxy groups -OCH3 is 1. The molecule has 2 aromatic rings. The van der Waals surface area contributed by atoms with E-state index in [1.54, 1.807) is 19.4 Å². The summed E-state index contributed by atoms with van der Waals surface area (Å²) in [6.07, 6.45) is 1.61. The molecule has 20 heavy (non-hydrogen) atoms. The first-order valence-corrected chi connectivity index (χ1v) is 6.17. The molecule has 1 aromatic carbocycles. The Hall–Kier alpha value is -2.56. The van der Waals surface area contributed by atoms with E-state index >= 15 is 0 Å². The molecule has 0 radical (unpaired) electrons. The van der Waals surface area contributed by atoms with E-state index in [0.717, 1.165) is 11.1 Å². The largest absolute Gasteiger partial charge is 0.493 e. The zero-order valence-electron chi connectivity index (χ0n) is 11.5. The van der Waals surface area contributed by atoms with Gasteiger partial charge in [-0.25, -0.2) is 0 Å². The second-order valence-electron chi connectivity index (χ2n) is 4.41. The lowest BCUT2D eigenvalue weighted by Gasteiger charge is -2.11. The first kappa shape index (κ1) is 13.9. The van der Waals surface area contributed by atoms with Gasteiger partial charge in [0.25, 0.3) is 0 Å². The minimum absolute atomic E-state index is 0.0558. The van der Waals surface area contributed by atoms with Crippen LogP contribution in [0.1, 0.15) is 16.8 Å². The van der Waals surface area contributed by atoms with Crippen molar-refractivity contribution in [3.05, 3.63) is 53.3 Å². The molecule has 0 unspecified atom stereocenters. The molecular formula is C15H17N3O2. The molecular weight excluding hydrogens is 254 g/mol. The van der Waals surface area contributed by atoms with Crippen LogP contribution >= 0.6 is 0 Å². The Bertz CT molecular complexity index is 626. The summed E-state index contributed by atoms with van der Waals surface area (Å²) in [5.74, 6) is 1.32. The standard InChI is InChI=1S/C15H17N3O2/c1-10-3-4-13(14(7-10)19-2)20-9-11-5-6-18-12(8-11)15(16)17/h3-8H,9H2,1-2H3,(H3,16,17). The molecule has 104 valence electrons. The second-order valence-corrected chi connectivity index (χ2v) is 4.41. The monoisotopic (exact) mass is 271 g/mol. The SMILES string of the molecule is COc1cc(C)ccc1OCc1ccnc(C(=N)N)c1. The third-order valence-corrected chi connectivity index (χ3v) is 2.81. The predicted octanol–water partition coefficient (Wildman–Crippen LogP) is 2.26. The maximum Gasteiger partial charge on any atom is 0.161 e. The molecule has 0 atom stereocenters. The molecule has 3 N–H and O–H groups in total. The van der Waals surface area contributed by atoms with Crippen LogP contribution in [0.4, 0.5) is 0 Å². The summed E-state index contributed by atoms with van der Waals surface area (Å²) in [6, 6.07) is 9.33. The quantitative estimate of drug-likeness (QED) is 0.645. The van der Waals surface area contributed by atoms with Gasteiger partial charge in [-0.1, -0.05) is 6.07 Å². The van der Waals surface area contributed by atoms with E-state index < -0.39 is 0 Å². The molecule has 0 aliphatic heterocycles. The summed E-state index contributed by atoms with van der Waals surface area (Å²) in [6.45, 7) is 2.36. The zero-order chi connectivity index (χ0) is 14.5. The fourth-order valence-electron chi connectivity index (χ4n) is 1.77. The van der Waals surface area contributed by atoms with Crippen molar-refractivity contribution < 1.29 is 9.47 Å². The number of benzene rings is 1. The van der Waals surface area contributed by atoms with E-state index in [4.69, 9.17) is 20.6 Å². The van der Waals surface area contributed by atoms with E-state index in [2.05, 4.69) is 4.98 Å².